The molecule has 0 heteroatoms. The Morgan fingerprint density at radius 2 is 1.26 bits per heavy atom. The monoisotopic (exact) mass is 276 g/mol. The zero-order valence-corrected chi connectivity index (χ0v) is 12.1. The predicted molar refractivity (Wildman–Crippen MR) is 98.0 cm³/mol. The molecule has 19 heavy (non-hydrogen) atoms. The lowest BCUT2D eigenvalue weighted by Gasteiger charge is -2.37. The Kier molecular flexibility index (Phi) is 23.8. The highest BCUT2D eigenvalue weighted by molar-refractivity contribution is 4.79. The van der Waals surface area contributed by atoms with E-state index in [0.717, 1.165) is 17.8 Å². The molecule has 0 amide bonds. The largest absolute Gasteiger partial charge is 0.0776 e. The van der Waals surface area contributed by atoms with Crippen molar-refractivity contribution in [2.24, 2.45) is 23.2 Å². The molecule has 0 rings (SSSR count). The standard InChI is InChI=1S/C15H32.4CH4/c1-8-14(13(4)5)15(6,7)11-9-10-12(2)3;;;;/h12-14H,8-11H2,1-7H3;4*1H4. The molecule has 0 saturated carbocycles. The molecular formula is C19H48. The van der Waals surface area contributed by atoms with E-state index in [-0.39, 0.29) is 29.7 Å². The van der Waals surface area contributed by atoms with Crippen molar-refractivity contribution in [2.75, 3.05) is 0 Å². The van der Waals surface area contributed by atoms with E-state index in [0.29, 0.717) is 5.41 Å². The molecule has 0 aliphatic rings. The van der Waals surface area contributed by atoms with Crippen LogP contribution in [0.2, 0.25) is 0 Å². The van der Waals surface area contributed by atoms with Crippen molar-refractivity contribution in [3.05, 3.63) is 0 Å². The number of hydrogen-bond donors (Lipinski definition) is 0. The third-order valence-corrected chi connectivity index (χ3v) is 3.85. The molecule has 1 atom stereocenters. The van der Waals surface area contributed by atoms with Gasteiger partial charge in [-0.3, -0.25) is 0 Å². The minimum absolute atomic E-state index is 0. The Bertz CT molecular complexity index is 153. The molecule has 0 aliphatic carbocycles. The van der Waals surface area contributed by atoms with Gasteiger partial charge in [0.15, 0.2) is 0 Å². The smallest absolute Gasteiger partial charge is 0.0324 e. The minimum Gasteiger partial charge on any atom is -0.0776 e. The fraction of sp³-hybridized carbons (Fsp3) is 1.00. The zero-order valence-electron chi connectivity index (χ0n) is 12.1. The fourth-order valence-electron chi connectivity index (χ4n) is 3.08. The summed E-state index contributed by atoms with van der Waals surface area (Å²) in [5, 5.41) is 0. The summed E-state index contributed by atoms with van der Waals surface area (Å²) in [5.41, 5.74) is 0.526. The van der Waals surface area contributed by atoms with Crippen LogP contribution in [0.15, 0.2) is 0 Å². The second kappa shape index (κ2) is 14.4. The summed E-state index contributed by atoms with van der Waals surface area (Å²) in [6.45, 7) is 16.7. The highest BCUT2D eigenvalue weighted by Gasteiger charge is 2.29. The fourth-order valence-corrected chi connectivity index (χ4v) is 3.08. The average molecular weight is 277 g/mol. The van der Waals surface area contributed by atoms with E-state index in [2.05, 4.69) is 48.5 Å². The van der Waals surface area contributed by atoms with Crippen molar-refractivity contribution in [1.29, 1.82) is 0 Å². The lowest BCUT2D eigenvalue weighted by atomic mass is 9.69. The van der Waals surface area contributed by atoms with Crippen LogP contribution in [0.25, 0.3) is 0 Å². The van der Waals surface area contributed by atoms with Gasteiger partial charge < -0.3 is 0 Å². The zero-order chi connectivity index (χ0) is 12.1. The minimum atomic E-state index is 0. The van der Waals surface area contributed by atoms with Gasteiger partial charge in [0.2, 0.25) is 0 Å². The SMILES string of the molecule is C.C.C.C.CCC(C(C)C)C(C)(C)CCCC(C)C. The van der Waals surface area contributed by atoms with Crippen molar-refractivity contribution in [3.8, 4) is 0 Å². The van der Waals surface area contributed by atoms with Crippen molar-refractivity contribution in [2.45, 2.75) is 104 Å². The molecule has 0 bridgehead atoms. The normalized spacial score (nSPS) is 11.8. The van der Waals surface area contributed by atoms with Crippen LogP contribution in [0.3, 0.4) is 0 Å². The second-order valence-electron chi connectivity index (χ2n) is 6.53. The van der Waals surface area contributed by atoms with Gasteiger partial charge in [-0.2, -0.15) is 0 Å². The maximum absolute atomic E-state index is 2.46. The topological polar surface area (TPSA) is 0 Å². The van der Waals surface area contributed by atoms with Crippen LogP contribution in [0.5, 0.6) is 0 Å². The van der Waals surface area contributed by atoms with Crippen molar-refractivity contribution in [1.82, 2.24) is 0 Å². The van der Waals surface area contributed by atoms with Crippen molar-refractivity contribution >= 4 is 0 Å². The van der Waals surface area contributed by atoms with Crippen LogP contribution in [0.4, 0.5) is 0 Å². The van der Waals surface area contributed by atoms with E-state index in [1.54, 1.807) is 0 Å². The third-order valence-electron chi connectivity index (χ3n) is 3.85. The summed E-state index contributed by atoms with van der Waals surface area (Å²) >= 11 is 0. The Morgan fingerprint density at radius 1 is 0.842 bits per heavy atom. The van der Waals surface area contributed by atoms with E-state index in [1.165, 1.54) is 25.7 Å². The van der Waals surface area contributed by atoms with Crippen LogP contribution < -0.4 is 0 Å². The molecule has 0 N–H and O–H groups in total. The van der Waals surface area contributed by atoms with E-state index in [9.17, 15) is 0 Å². The molecule has 0 fully saturated rings. The van der Waals surface area contributed by atoms with Gasteiger partial charge in [0.25, 0.3) is 0 Å². The van der Waals surface area contributed by atoms with Crippen LogP contribution >= 0.6 is 0 Å². The first kappa shape index (κ1) is 31.4. The Hall–Kier alpha value is 0. The summed E-state index contributed by atoms with van der Waals surface area (Å²) in [6.07, 6.45) is 5.50. The van der Waals surface area contributed by atoms with Crippen molar-refractivity contribution in [3.63, 3.8) is 0 Å². The van der Waals surface area contributed by atoms with Gasteiger partial charge in [0.1, 0.15) is 0 Å². The maximum Gasteiger partial charge on any atom is -0.0324 e. The molecule has 0 aromatic rings. The molecule has 0 spiro atoms. The summed E-state index contributed by atoms with van der Waals surface area (Å²) in [6, 6.07) is 0. The van der Waals surface area contributed by atoms with Crippen LogP contribution in [0.1, 0.15) is 104 Å². The molecule has 0 aromatic heterocycles. The van der Waals surface area contributed by atoms with Crippen molar-refractivity contribution < 1.29 is 0 Å². The molecule has 0 aliphatic heterocycles. The quantitative estimate of drug-likeness (QED) is 0.441. The van der Waals surface area contributed by atoms with E-state index in [4.69, 9.17) is 0 Å². The van der Waals surface area contributed by atoms with Gasteiger partial charge in [-0.1, -0.05) is 97.4 Å². The average Bonchev–Trinajstić information content (AvgIpc) is 2.01. The Labute approximate surface area is 127 Å². The highest BCUT2D eigenvalue weighted by Crippen LogP contribution is 2.39. The third kappa shape index (κ3) is 12.8. The molecule has 0 heterocycles. The van der Waals surface area contributed by atoms with Gasteiger partial charge in [-0.05, 0) is 29.6 Å². The molecular weight excluding hydrogens is 228 g/mol. The first-order valence-electron chi connectivity index (χ1n) is 6.81. The number of hydrogen-bond acceptors (Lipinski definition) is 0. The van der Waals surface area contributed by atoms with E-state index in [1.807, 2.05) is 0 Å². The first-order chi connectivity index (χ1) is 6.81. The second-order valence-corrected chi connectivity index (χ2v) is 6.53. The van der Waals surface area contributed by atoms with Gasteiger partial charge in [0.05, 0.1) is 0 Å². The van der Waals surface area contributed by atoms with Gasteiger partial charge in [0, 0.05) is 0 Å². The Morgan fingerprint density at radius 3 is 1.53 bits per heavy atom. The highest BCUT2D eigenvalue weighted by atomic mass is 14.3. The molecule has 0 nitrogen and oxygen atoms in total. The van der Waals surface area contributed by atoms with Gasteiger partial charge >= 0.3 is 0 Å². The molecule has 0 saturated heterocycles. The lowest BCUT2D eigenvalue weighted by Crippen LogP contribution is -2.28. The van der Waals surface area contributed by atoms with Gasteiger partial charge in [-0.25, -0.2) is 0 Å². The lowest BCUT2D eigenvalue weighted by molar-refractivity contribution is 0.133. The van der Waals surface area contributed by atoms with Gasteiger partial charge in [-0.15, -0.1) is 0 Å². The first-order valence-corrected chi connectivity index (χ1v) is 6.81. The summed E-state index contributed by atoms with van der Waals surface area (Å²) in [7, 11) is 0. The summed E-state index contributed by atoms with van der Waals surface area (Å²) in [4.78, 5) is 0. The van der Waals surface area contributed by atoms with E-state index < -0.39 is 0 Å². The maximum atomic E-state index is 2.46. The predicted octanol–water partition coefficient (Wildman–Crippen LogP) is 8.07. The molecule has 1 unspecified atom stereocenters. The Balaban J connectivity index is -0.000000163. The number of rotatable bonds is 7. The van der Waals surface area contributed by atoms with Crippen LogP contribution in [0, 0.1) is 23.2 Å². The molecule has 0 radical (unpaired) electrons. The molecule has 124 valence electrons. The molecule has 0 aromatic carbocycles. The summed E-state index contributed by atoms with van der Waals surface area (Å²) < 4.78 is 0. The van der Waals surface area contributed by atoms with Crippen LogP contribution in [-0.2, 0) is 0 Å². The van der Waals surface area contributed by atoms with E-state index >= 15 is 0 Å². The summed E-state index contributed by atoms with van der Waals surface area (Å²) in [5.74, 6) is 2.56. The van der Waals surface area contributed by atoms with Crippen LogP contribution in [-0.4, -0.2) is 0 Å².